The zero-order valence-electron chi connectivity index (χ0n) is 15.3. The van der Waals surface area contributed by atoms with E-state index in [9.17, 15) is 9.59 Å². The van der Waals surface area contributed by atoms with Gasteiger partial charge in [0.25, 0.3) is 5.56 Å². The molecule has 0 aliphatic heterocycles. The molecule has 2 aromatic carbocycles. The highest BCUT2D eigenvalue weighted by molar-refractivity contribution is 5.90. The van der Waals surface area contributed by atoms with Gasteiger partial charge in [0.1, 0.15) is 12.3 Å². The highest BCUT2D eigenvalue weighted by Gasteiger charge is 2.10. The maximum Gasteiger partial charge on any atom is 0.338 e. The van der Waals surface area contributed by atoms with Gasteiger partial charge in [0.2, 0.25) is 0 Å². The molecule has 4 aromatic rings. The Morgan fingerprint density at radius 2 is 1.68 bits per heavy atom. The summed E-state index contributed by atoms with van der Waals surface area (Å²) in [6.45, 7) is 1.82. The van der Waals surface area contributed by atoms with Crippen LogP contribution in [0.3, 0.4) is 0 Å². The lowest BCUT2D eigenvalue weighted by Gasteiger charge is -2.08. The van der Waals surface area contributed by atoms with Crippen LogP contribution in [0.15, 0.2) is 83.8 Å². The van der Waals surface area contributed by atoms with Crippen molar-refractivity contribution >= 4 is 11.6 Å². The second-order valence-corrected chi connectivity index (χ2v) is 6.49. The number of ether oxygens (including phenoxy) is 1. The summed E-state index contributed by atoms with van der Waals surface area (Å²) in [5.41, 5.74) is 4.22. The minimum Gasteiger partial charge on any atom is -0.456 e. The molecule has 0 fully saturated rings. The molecule has 2 heterocycles. The fraction of sp³-hybridized carbons (Fsp3) is 0.0870. The van der Waals surface area contributed by atoms with E-state index in [0.29, 0.717) is 16.9 Å². The predicted molar refractivity (Wildman–Crippen MR) is 107 cm³/mol. The largest absolute Gasteiger partial charge is 0.456 e. The van der Waals surface area contributed by atoms with Gasteiger partial charge in [-0.05, 0) is 41.8 Å². The van der Waals surface area contributed by atoms with Gasteiger partial charge < -0.3 is 4.74 Å². The van der Waals surface area contributed by atoms with E-state index in [4.69, 9.17) is 4.74 Å². The maximum atomic E-state index is 12.3. The Kier molecular flexibility index (Phi) is 4.72. The van der Waals surface area contributed by atoms with Crippen LogP contribution in [0.25, 0.3) is 16.8 Å². The SMILES string of the molecule is Cc1cccn2c(=O)cc(COC(=O)c3ccc(-c4ccccc4)cc3)nc12. The van der Waals surface area contributed by atoms with Crippen LogP contribution in [0.5, 0.6) is 0 Å². The Labute approximate surface area is 161 Å². The van der Waals surface area contributed by atoms with E-state index in [1.807, 2.05) is 55.5 Å². The first-order valence-electron chi connectivity index (χ1n) is 8.92. The van der Waals surface area contributed by atoms with Crippen LogP contribution in [0, 0.1) is 6.92 Å². The summed E-state index contributed by atoms with van der Waals surface area (Å²) in [5.74, 6) is -0.452. The molecule has 0 saturated carbocycles. The van der Waals surface area contributed by atoms with Crippen LogP contribution < -0.4 is 5.56 Å². The molecule has 0 unspecified atom stereocenters. The normalized spacial score (nSPS) is 10.8. The van der Waals surface area contributed by atoms with Gasteiger partial charge in [-0.1, -0.05) is 48.5 Å². The Morgan fingerprint density at radius 3 is 2.43 bits per heavy atom. The average Bonchev–Trinajstić information content (AvgIpc) is 2.73. The fourth-order valence-corrected chi connectivity index (χ4v) is 3.03. The van der Waals surface area contributed by atoms with Crippen LogP contribution in [0.4, 0.5) is 0 Å². The number of carbonyl (C=O) groups excluding carboxylic acids is 1. The molecule has 0 atom stereocenters. The standard InChI is InChI=1S/C23H18N2O3/c1-16-6-5-13-25-21(26)14-20(24-22(16)25)15-28-23(27)19-11-9-18(10-12-19)17-7-3-2-4-8-17/h2-14H,15H2,1H3. The topological polar surface area (TPSA) is 60.7 Å². The molecule has 4 rings (SSSR count). The fourth-order valence-electron chi connectivity index (χ4n) is 3.03. The number of pyridine rings is 1. The smallest absolute Gasteiger partial charge is 0.338 e. The number of carbonyl (C=O) groups is 1. The molecule has 5 nitrogen and oxygen atoms in total. The van der Waals surface area contributed by atoms with Crippen molar-refractivity contribution in [2.24, 2.45) is 0 Å². The molecule has 0 aliphatic carbocycles. The minimum atomic E-state index is -0.452. The summed E-state index contributed by atoms with van der Waals surface area (Å²) >= 11 is 0. The summed E-state index contributed by atoms with van der Waals surface area (Å²) < 4.78 is 6.83. The third-order valence-corrected chi connectivity index (χ3v) is 4.52. The second-order valence-electron chi connectivity index (χ2n) is 6.49. The van der Waals surface area contributed by atoms with Crippen LogP contribution >= 0.6 is 0 Å². The molecule has 0 bridgehead atoms. The van der Waals surface area contributed by atoms with E-state index in [0.717, 1.165) is 16.7 Å². The van der Waals surface area contributed by atoms with E-state index in [1.54, 1.807) is 24.4 Å². The van der Waals surface area contributed by atoms with Crippen LogP contribution in [-0.4, -0.2) is 15.4 Å². The summed E-state index contributed by atoms with van der Waals surface area (Å²) in [4.78, 5) is 29.0. The van der Waals surface area contributed by atoms with Crippen molar-refractivity contribution in [2.75, 3.05) is 0 Å². The molecule has 138 valence electrons. The predicted octanol–water partition coefficient (Wildman–Crippen LogP) is 4.03. The number of aromatic nitrogens is 2. The van der Waals surface area contributed by atoms with Crippen molar-refractivity contribution in [3.63, 3.8) is 0 Å². The molecular weight excluding hydrogens is 352 g/mol. The molecule has 0 saturated heterocycles. The number of rotatable bonds is 4. The third kappa shape index (κ3) is 3.55. The van der Waals surface area contributed by atoms with Crippen LogP contribution in [0.1, 0.15) is 21.6 Å². The number of esters is 1. The van der Waals surface area contributed by atoms with Gasteiger partial charge in [-0.3, -0.25) is 9.20 Å². The number of hydrogen-bond acceptors (Lipinski definition) is 4. The van der Waals surface area contributed by atoms with Gasteiger partial charge in [-0.15, -0.1) is 0 Å². The Bertz CT molecular complexity index is 1200. The highest BCUT2D eigenvalue weighted by atomic mass is 16.5. The van der Waals surface area contributed by atoms with Crippen LogP contribution in [-0.2, 0) is 11.3 Å². The Hall–Kier alpha value is -3.73. The van der Waals surface area contributed by atoms with Crippen molar-refractivity contribution < 1.29 is 9.53 Å². The minimum absolute atomic E-state index is 0.0562. The lowest BCUT2D eigenvalue weighted by Crippen LogP contribution is -2.17. The monoisotopic (exact) mass is 370 g/mol. The van der Waals surface area contributed by atoms with Gasteiger partial charge in [-0.2, -0.15) is 0 Å². The molecular formula is C23H18N2O3. The summed E-state index contributed by atoms with van der Waals surface area (Å²) in [7, 11) is 0. The molecule has 0 N–H and O–H groups in total. The number of hydrogen-bond donors (Lipinski definition) is 0. The molecule has 0 spiro atoms. The summed E-state index contributed by atoms with van der Waals surface area (Å²) in [5, 5.41) is 0. The van der Waals surface area contributed by atoms with Crippen molar-refractivity contribution in [1.29, 1.82) is 0 Å². The lowest BCUT2D eigenvalue weighted by molar-refractivity contribution is 0.0467. The molecule has 0 aliphatic rings. The molecule has 5 heteroatoms. The molecule has 2 aromatic heterocycles. The molecule has 28 heavy (non-hydrogen) atoms. The first kappa shape index (κ1) is 17.7. The van der Waals surface area contributed by atoms with E-state index in [2.05, 4.69) is 4.98 Å². The van der Waals surface area contributed by atoms with Crippen molar-refractivity contribution in [2.45, 2.75) is 13.5 Å². The van der Waals surface area contributed by atoms with Crippen molar-refractivity contribution in [3.8, 4) is 11.1 Å². The van der Waals surface area contributed by atoms with Gasteiger partial charge in [0.05, 0.1) is 11.3 Å². The van der Waals surface area contributed by atoms with Crippen molar-refractivity contribution in [1.82, 2.24) is 9.38 Å². The summed E-state index contributed by atoms with van der Waals surface area (Å²) in [6, 6.07) is 22.2. The highest BCUT2D eigenvalue weighted by Crippen LogP contribution is 2.19. The Morgan fingerprint density at radius 1 is 0.964 bits per heavy atom. The summed E-state index contributed by atoms with van der Waals surface area (Å²) in [6.07, 6.45) is 1.67. The second kappa shape index (κ2) is 7.48. The maximum absolute atomic E-state index is 12.3. The quantitative estimate of drug-likeness (QED) is 0.509. The third-order valence-electron chi connectivity index (χ3n) is 4.52. The van der Waals surface area contributed by atoms with E-state index >= 15 is 0 Å². The lowest BCUT2D eigenvalue weighted by atomic mass is 10.0. The van der Waals surface area contributed by atoms with Gasteiger partial charge in [0, 0.05) is 12.3 Å². The Balaban J connectivity index is 1.49. The van der Waals surface area contributed by atoms with E-state index in [-0.39, 0.29) is 12.2 Å². The zero-order valence-corrected chi connectivity index (χ0v) is 15.3. The van der Waals surface area contributed by atoms with E-state index < -0.39 is 5.97 Å². The van der Waals surface area contributed by atoms with Gasteiger partial charge in [-0.25, -0.2) is 9.78 Å². The first-order valence-corrected chi connectivity index (χ1v) is 8.92. The molecule has 0 amide bonds. The van der Waals surface area contributed by atoms with Crippen molar-refractivity contribution in [3.05, 3.63) is 106 Å². The molecule has 0 radical (unpaired) electrons. The van der Waals surface area contributed by atoms with Crippen LogP contribution in [0.2, 0.25) is 0 Å². The number of aryl methyl sites for hydroxylation is 1. The zero-order chi connectivity index (χ0) is 19.5. The van der Waals surface area contributed by atoms with E-state index in [1.165, 1.54) is 10.5 Å². The first-order chi connectivity index (χ1) is 13.6. The number of fused-ring (bicyclic) bond motifs is 1. The average molecular weight is 370 g/mol. The number of nitrogens with zero attached hydrogens (tertiary/aromatic N) is 2. The van der Waals surface area contributed by atoms with Gasteiger partial charge >= 0.3 is 5.97 Å². The van der Waals surface area contributed by atoms with Gasteiger partial charge in [0.15, 0.2) is 0 Å². The number of benzene rings is 2.